The van der Waals surface area contributed by atoms with Crippen molar-refractivity contribution in [1.29, 1.82) is 0 Å². The first kappa shape index (κ1) is 22.6. The summed E-state index contributed by atoms with van der Waals surface area (Å²) in [6.45, 7) is 1.89. The highest BCUT2D eigenvalue weighted by Crippen LogP contribution is 2.25. The number of unbranched alkanes of at least 4 members (excludes halogenated alkanes) is 10. The molecule has 0 aromatic heterocycles. The number of nitrogens with zero attached hydrogens (tertiary/aromatic N) is 1. The van der Waals surface area contributed by atoms with Crippen LogP contribution in [0.4, 0.5) is 0 Å². The van der Waals surface area contributed by atoms with Crippen LogP contribution in [-0.4, -0.2) is 42.3 Å². The first-order valence-corrected chi connectivity index (χ1v) is 10.3. The molecule has 1 rings (SSSR count). The summed E-state index contributed by atoms with van der Waals surface area (Å²) < 4.78 is 0. The number of Topliss-reactive ketones (excluding diaryl/α,β-unsaturated/α-hetero) is 1. The molecule has 0 aromatic carbocycles. The highest BCUT2D eigenvalue weighted by Gasteiger charge is 2.28. The number of aliphatic hydroxyl groups excluding tert-OH is 1. The van der Waals surface area contributed by atoms with Crippen molar-refractivity contribution >= 4 is 11.6 Å². The number of hydrogen-bond donors (Lipinski definition) is 1. The molecule has 4 nitrogen and oxygen atoms in total. The summed E-state index contributed by atoms with van der Waals surface area (Å²) in [6, 6.07) is 0. The van der Waals surface area contributed by atoms with E-state index in [0.29, 0.717) is 17.7 Å². The standard InChI is InChI=1S/C22H37NO3/c1-4-5-6-7-8-9-10-11-12-13-14-15-18-19(17-24)21(25)16-20(22(18)26)23(2)3/h16,24H,4-15,17H2,1-3H3. The van der Waals surface area contributed by atoms with Crippen molar-refractivity contribution in [3.05, 3.63) is 22.9 Å². The van der Waals surface area contributed by atoms with Gasteiger partial charge in [-0.3, -0.25) is 9.59 Å². The third-order valence-corrected chi connectivity index (χ3v) is 5.11. The fraction of sp³-hybridized carbons (Fsp3) is 0.727. The number of likely N-dealkylation sites (N-methyl/N-ethyl adjacent to an activating group) is 1. The molecular weight excluding hydrogens is 326 g/mol. The van der Waals surface area contributed by atoms with E-state index in [1.165, 1.54) is 63.9 Å². The van der Waals surface area contributed by atoms with E-state index in [0.717, 1.165) is 12.8 Å². The fourth-order valence-electron chi connectivity index (χ4n) is 3.45. The van der Waals surface area contributed by atoms with E-state index in [1.807, 2.05) is 0 Å². The van der Waals surface area contributed by atoms with Crippen molar-refractivity contribution in [2.75, 3.05) is 20.7 Å². The molecule has 0 atom stereocenters. The van der Waals surface area contributed by atoms with Crippen molar-refractivity contribution in [2.24, 2.45) is 0 Å². The number of aliphatic hydroxyl groups is 1. The van der Waals surface area contributed by atoms with Crippen molar-refractivity contribution in [2.45, 2.75) is 84.0 Å². The van der Waals surface area contributed by atoms with Gasteiger partial charge in [-0.1, -0.05) is 71.1 Å². The molecule has 0 saturated heterocycles. The molecule has 0 bridgehead atoms. The second kappa shape index (κ2) is 12.9. The third-order valence-electron chi connectivity index (χ3n) is 5.11. The van der Waals surface area contributed by atoms with Crippen LogP contribution in [0.2, 0.25) is 0 Å². The maximum absolute atomic E-state index is 12.6. The van der Waals surface area contributed by atoms with E-state index < -0.39 is 0 Å². The molecule has 0 amide bonds. The second-order valence-electron chi connectivity index (χ2n) is 7.52. The number of rotatable bonds is 14. The number of carbonyl (C=O) groups is 2. The Hall–Kier alpha value is -1.42. The first-order valence-electron chi connectivity index (χ1n) is 10.3. The zero-order valence-electron chi connectivity index (χ0n) is 17.0. The zero-order chi connectivity index (χ0) is 19.4. The minimum absolute atomic E-state index is 0.106. The van der Waals surface area contributed by atoms with Gasteiger partial charge in [-0.2, -0.15) is 0 Å². The molecule has 0 aromatic rings. The second-order valence-corrected chi connectivity index (χ2v) is 7.52. The van der Waals surface area contributed by atoms with Crippen molar-refractivity contribution in [3.8, 4) is 0 Å². The van der Waals surface area contributed by atoms with Crippen LogP contribution in [0.25, 0.3) is 0 Å². The predicted octanol–water partition coefficient (Wildman–Crippen LogP) is 4.57. The molecule has 1 N–H and O–H groups in total. The number of hydrogen-bond acceptors (Lipinski definition) is 4. The summed E-state index contributed by atoms with van der Waals surface area (Å²) in [5.74, 6) is -0.334. The van der Waals surface area contributed by atoms with Crippen LogP contribution in [0, 0.1) is 0 Å². The van der Waals surface area contributed by atoms with Gasteiger partial charge in [0.15, 0.2) is 5.78 Å². The summed E-state index contributed by atoms with van der Waals surface area (Å²) in [6.07, 6.45) is 15.7. The van der Waals surface area contributed by atoms with Crippen molar-refractivity contribution < 1.29 is 14.7 Å². The molecule has 0 fully saturated rings. The summed E-state index contributed by atoms with van der Waals surface area (Å²) in [4.78, 5) is 26.4. The predicted molar refractivity (Wildman–Crippen MR) is 107 cm³/mol. The van der Waals surface area contributed by atoms with Crippen LogP contribution < -0.4 is 0 Å². The Morgan fingerprint density at radius 2 is 1.31 bits per heavy atom. The smallest absolute Gasteiger partial charge is 0.205 e. The molecule has 0 aliphatic heterocycles. The molecule has 0 heterocycles. The Kier molecular flexibility index (Phi) is 11.2. The minimum atomic E-state index is -0.352. The Balaban J connectivity index is 2.28. The highest BCUT2D eigenvalue weighted by atomic mass is 16.3. The minimum Gasteiger partial charge on any atom is -0.392 e. The molecule has 1 aliphatic rings. The van der Waals surface area contributed by atoms with Gasteiger partial charge < -0.3 is 10.0 Å². The lowest BCUT2D eigenvalue weighted by molar-refractivity contribution is -0.117. The monoisotopic (exact) mass is 363 g/mol. The average Bonchev–Trinajstić information content (AvgIpc) is 2.61. The van der Waals surface area contributed by atoms with Crippen molar-refractivity contribution in [3.63, 3.8) is 0 Å². The van der Waals surface area contributed by atoms with E-state index in [-0.39, 0.29) is 23.7 Å². The molecule has 0 spiro atoms. The van der Waals surface area contributed by atoms with Gasteiger partial charge in [0.2, 0.25) is 5.78 Å². The molecule has 0 radical (unpaired) electrons. The normalized spacial score (nSPS) is 14.8. The van der Waals surface area contributed by atoms with Gasteiger partial charge in [0.25, 0.3) is 0 Å². The molecule has 1 aliphatic carbocycles. The van der Waals surface area contributed by atoms with Gasteiger partial charge in [-0.05, 0) is 12.8 Å². The molecule has 0 unspecified atom stereocenters. The molecule has 4 heteroatoms. The average molecular weight is 364 g/mol. The summed E-state index contributed by atoms with van der Waals surface area (Å²) in [5.41, 5.74) is 1.22. The Labute approximate surface area is 159 Å². The SMILES string of the molecule is CCCCCCCCCCCCCC1=C(CO)C(=O)C=C(N(C)C)C1=O. The third kappa shape index (κ3) is 7.45. The number of allylic oxidation sites excluding steroid dienone is 2. The fourth-order valence-corrected chi connectivity index (χ4v) is 3.45. The zero-order valence-corrected chi connectivity index (χ0v) is 17.0. The van der Waals surface area contributed by atoms with Gasteiger partial charge in [-0.25, -0.2) is 0 Å². The summed E-state index contributed by atoms with van der Waals surface area (Å²) in [5, 5.41) is 9.48. The molecule has 148 valence electrons. The van der Waals surface area contributed by atoms with Crippen LogP contribution in [0.15, 0.2) is 22.9 Å². The topological polar surface area (TPSA) is 57.6 Å². The Bertz CT molecular complexity index is 517. The van der Waals surface area contributed by atoms with Crippen LogP contribution in [0.5, 0.6) is 0 Å². The first-order chi connectivity index (χ1) is 12.5. The summed E-state index contributed by atoms with van der Waals surface area (Å²) >= 11 is 0. The Morgan fingerprint density at radius 1 is 0.808 bits per heavy atom. The maximum Gasteiger partial charge on any atom is 0.205 e. The summed E-state index contributed by atoms with van der Waals surface area (Å²) in [7, 11) is 3.53. The van der Waals surface area contributed by atoms with Gasteiger partial charge in [0.05, 0.1) is 12.3 Å². The highest BCUT2D eigenvalue weighted by molar-refractivity contribution is 6.22. The number of ketones is 2. The number of carbonyl (C=O) groups excluding carboxylic acids is 2. The Morgan fingerprint density at radius 3 is 1.77 bits per heavy atom. The molecule has 26 heavy (non-hydrogen) atoms. The van der Waals surface area contributed by atoms with Crippen LogP contribution in [0.3, 0.4) is 0 Å². The lowest BCUT2D eigenvalue weighted by atomic mass is 9.89. The van der Waals surface area contributed by atoms with E-state index >= 15 is 0 Å². The largest absolute Gasteiger partial charge is 0.392 e. The lowest BCUT2D eigenvalue weighted by Crippen LogP contribution is -2.28. The van der Waals surface area contributed by atoms with E-state index in [2.05, 4.69) is 6.92 Å². The van der Waals surface area contributed by atoms with Crippen molar-refractivity contribution in [1.82, 2.24) is 4.90 Å². The van der Waals surface area contributed by atoms with Crippen LogP contribution in [-0.2, 0) is 9.59 Å². The van der Waals surface area contributed by atoms with Gasteiger partial charge in [0, 0.05) is 31.3 Å². The maximum atomic E-state index is 12.6. The van der Waals surface area contributed by atoms with Gasteiger partial charge in [0.1, 0.15) is 0 Å². The van der Waals surface area contributed by atoms with E-state index in [1.54, 1.807) is 19.0 Å². The van der Waals surface area contributed by atoms with Gasteiger partial charge >= 0.3 is 0 Å². The van der Waals surface area contributed by atoms with E-state index in [9.17, 15) is 14.7 Å². The molecule has 0 saturated carbocycles. The van der Waals surface area contributed by atoms with E-state index in [4.69, 9.17) is 0 Å². The van der Waals surface area contributed by atoms with Crippen LogP contribution >= 0.6 is 0 Å². The lowest BCUT2D eigenvalue weighted by Gasteiger charge is -2.22. The quantitative estimate of drug-likeness (QED) is 0.363. The molecular formula is C22H37NO3. The van der Waals surface area contributed by atoms with Gasteiger partial charge in [-0.15, -0.1) is 0 Å². The van der Waals surface area contributed by atoms with Crippen LogP contribution in [0.1, 0.15) is 84.0 Å².